The van der Waals surface area contributed by atoms with Gasteiger partial charge in [0.05, 0.1) is 6.10 Å². The molecule has 94 valence electrons. The van der Waals surface area contributed by atoms with Crippen LogP contribution in [0.4, 0.5) is 0 Å². The van der Waals surface area contributed by atoms with Crippen molar-refractivity contribution in [2.45, 2.75) is 37.8 Å². The number of hydrogen-bond donors (Lipinski definition) is 1. The van der Waals surface area contributed by atoms with E-state index in [2.05, 4.69) is 0 Å². The van der Waals surface area contributed by atoms with Gasteiger partial charge in [0.15, 0.2) is 5.78 Å². The smallest absolute Gasteiger partial charge is 0.223 e. The van der Waals surface area contributed by atoms with Crippen molar-refractivity contribution in [1.29, 1.82) is 0 Å². The van der Waals surface area contributed by atoms with Crippen LogP contribution in [-0.4, -0.2) is 47.8 Å². The minimum absolute atomic E-state index is 0.0178. The first-order valence-corrected chi connectivity index (χ1v) is 5.81. The number of rotatable bonds is 4. The molecule has 0 bridgehead atoms. The van der Waals surface area contributed by atoms with E-state index in [0.29, 0.717) is 13.0 Å². The molecule has 1 unspecified atom stereocenters. The second-order valence-electron chi connectivity index (χ2n) is 4.46. The van der Waals surface area contributed by atoms with Gasteiger partial charge in [-0.2, -0.15) is 0 Å². The minimum Gasteiger partial charge on any atom is -0.370 e. The molecule has 0 saturated carbocycles. The molecule has 0 aromatic rings. The van der Waals surface area contributed by atoms with Gasteiger partial charge in [0.2, 0.25) is 11.8 Å². The number of hydrogen-bond acceptors (Lipinski definition) is 4. The molecule has 2 heterocycles. The van der Waals surface area contributed by atoms with E-state index in [9.17, 15) is 14.4 Å². The van der Waals surface area contributed by atoms with Gasteiger partial charge < -0.3 is 15.4 Å². The quantitative estimate of drug-likeness (QED) is 0.697. The van der Waals surface area contributed by atoms with Crippen LogP contribution in [-0.2, 0) is 19.1 Å². The summed E-state index contributed by atoms with van der Waals surface area (Å²) in [6.45, 7) is 0.677. The van der Waals surface area contributed by atoms with E-state index in [1.165, 1.54) is 0 Å². The molecule has 2 saturated heterocycles. The lowest BCUT2D eigenvalue weighted by Gasteiger charge is -2.21. The number of Topliss-reactive ketones (excluding diaryl/α,β-unsaturated/α-hetero) is 1. The molecule has 6 heteroatoms. The SMILES string of the molecule is NC(=O)CCCC(=O)N1CC[C@@H]2OCC(=O)C21. The predicted octanol–water partition coefficient (Wildman–Crippen LogP) is -0.789. The van der Waals surface area contributed by atoms with E-state index < -0.39 is 11.9 Å². The zero-order valence-corrected chi connectivity index (χ0v) is 9.55. The maximum absolute atomic E-state index is 11.9. The first kappa shape index (κ1) is 12.0. The number of carbonyl (C=O) groups excluding carboxylic acids is 3. The molecule has 2 rings (SSSR count). The molecule has 2 aliphatic rings. The standard InChI is InChI=1S/C11H16N2O4/c12-9(15)2-1-3-10(16)13-5-4-8-11(13)7(14)6-17-8/h8,11H,1-6H2,(H2,12,15)/t8-,11?/m0/s1. The van der Waals surface area contributed by atoms with Gasteiger partial charge in [0.25, 0.3) is 0 Å². The third-order valence-corrected chi connectivity index (χ3v) is 3.25. The minimum atomic E-state index is -0.405. The van der Waals surface area contributed by atoms with Crippen molar-refractivity contribution in [1.82, 2.24) is 4.90 Å². The van der Waals surface area contributed by atoms with Gasteiger partial charge in [0, 0.05) is 19.4 Å². The summed E-state index contributed by atoms with van der Waals surface area (Å²) >= 11 is 0. The Morgan fingerprint density at radius 2 is 2.18 bits per heavy atom. The summed E-state index contributed by atoms with van der Waals surface area (Å²) in [6, 6.07) is -0.393. The van der Waals surface area contributed by atoms with Crippen LogP contribution in [0.5, 0.6) is 0 Å². The van der Waals surface area contributed by atoms with Gasteiger partial charge in [-0.1, -0.05) is 0 Å². The molecule has 6 nitrogen and oxygen atoms in total. The zero-order valence-electron chi connectivity index (χ0n) is 9.55. The number of ketones is 1. The second-order valence-corrected chi connectivity index (χ2v) is 4.46. The molecular weight excluding hydrogens is 224 g/mol. The Morgan fingerprint density at radius 1 is 1.41 bits per heavy atom. The highest BCUT2D eigenvalue weighted by Gasteiger charge is 2.46. The average Bonchev–Trinajstić information content (AvgIpc) is 2.81. The average molecular weight is 240 g/mol. The fourth-order valence-corrected chi connectivity index (χ4v) is 2.43. The lowest BCUT2D eigenvalue weighted by atomic mass is 10.1. The van der Waals surface area contributed by atoms with Gasteiger partial charge in [-0.05, 0) is 12.8 Å². The van der Waals surface area contributed by atoms with Crippen molar-refractivity contribution in [3.05, 3.63) is 0 Å². The number of primary amides is 1. The first-order chi connectivity index (χ1) is 8.09. The lowest BCUT2D eigenvalue weighted by Crippen LogP contribution is -2.41. The number of amides is 2. The Balaban J connectivity index is 1.87. The van der Waals surface area contributed by atoms with Crippen LogP contribution in [0.25, 0.3) is 0 Å². The Labute approximate surface area is 99.1 Å². The normalized spacial score (nSPS) is 27.3. The van der Waals surface area contributed by atoms with Crippen LogP contribution >= 0.6 is 0 Å². The highest BCUT2D eigenvalue weighted by molar-refractivity contribution is 5.92. The van der Waals surface area contributed by atoms with Crippen LogP contribution < -0.4 is 5.73 Å². The topological polar surface area (TPSA) is 89.7 Å². The van der Waals surface area contributed by atoms with Crippen molar-refractivity contribution < 1.29 is 19.1 Å². The van der Waals surface area contributed by atoms with E-state index in [1.54, 1.807) is 4.90 Å². The number of fused-ring (bicyclic) bond motifs is 1. The summed E-state index contributed by atoms with van der Waals surface area (Å²) in [7, 11) is 0. The number of ether oxygens (including phenoxy) is 1. The largest absolute Gasteiger partial charge is 0.370 e. The first-order valence-electron chi connectivity index (χ1n) is 5.81. The van der Waals surface area contributed by atoms with Gasteiger partial charge >= 0.3 is 0 Å². The molecule has 0 spiro atoms. The molecule has 2 N–H and O–H groups in total. The van der Waals surface area contributed by atoms with Crippen molar-refractivity contribution >= 4 is 17.6 Å². The summed E-state index contributed by atoms with van der Waals surface area (Å²) in [6.07, 6.45) is 1.51. The lowest BCUT2D eigenvalue weighted by molar-refractivity contribution is -0.136. The Bertz CT molecular complexity index is 355. The fourth-order valence-electron chi connectivity index (χ4n) is 2.43. The summed E-state index contributed by atoms with van der Waals surface area (Å²) < 4.78 is 5.29. The Hall–Kier alpha value is -1.43. The fraction of sp³-hybridized carbons (Fsp3) is 0.727. The van der Waals surface area contributed by atoms with Crippen molar-refractivity contribution in [2.24, 2.45) is 5.73 Å². The molecule has 2 amide bonds. The molecule has 0 aromatic carbocycles. The molecule has 2 atom stereocenters. The van der Waals surface area contributed by atoms with Gasteiger partial charge in [-0.25, -0.2) is 0 Å². The van der Waals surface area contributed by atoms with Gasteiger partial charge in [-0.15, -0.1) is 0 Å². The van der Waals surface area contributed by atoms with E-state index in [0.717, 1.165) is 6.42 Å². The van der Waals surface area contributed by atoms with Crippen LogP contribution in [0.2, 0.25) is 0 Å². The van der Waals surface area contributed by atoms with E-state index in [1.807, 2.05) is 0 Å². The van der Waals surface area contributed by atoms with E-state index in [-0.39, 0.29) is 37.2 Å². The molecule has 2 aliphatic heterocycles. The monoisotopic (exact) mass is 240 g/mol. The maximum atomic E-state index is 11.9. The van der Waals surface area contributed by atoms with Gasteiger partial charge in [-0.3, -0.25) is 14.4 Å². The zero-order chi connectivity index (χ0) is 12.4. The van der Waals surface area contributed by atoms with Crippen molar-refractivity contribution in [3.63, 3.8) is 0 Å². The molecular formula is C11H16N2O4. The molecule has 0 radical (unpaired) electrons. The number of nitrogens with zero attached hydrogens (tertiary/aromatic N) is 1. The third-order valence-electron chi connectivity index (χ3n) is 3.25. The van der Waals surface area contributed by atoms with E-state index >= 15 is 0 Å². The molecule has 0 aromatic heterocycles. The maximum Gasteiger partial charge on any atom is 0.223 e. The number of carbonyl (C=O) groups is 3. The predicted molar refractivity (Wildman–Crippen MR) is 57.9 cm³/mol. The number of nitrogens with two attached hydrogens (primary N) is 1. The highest BCUT2D eigenvalue weighted by Crippen LogP contribution is 2.27. The van der Waals surface area contributed by atoms with Crippen molar-refractivity contribution in [3.8, 4) is 0 Å². The molecule has 2 fully saturated rings. The number of likely N-dealkylation sites (tertiary alicyclic amines) is 1. The Kier molecular flexibility index (Phi) is 3.42. The summed E-state index contributed by atoms with van der Waals surface area (Å²) in [4.78, 5) is 35.6. The van der Waals surface area contributed by atoms with Gasteiger partial charge in [0.1, 0.15) is 12.6 Å². The van der Waals surface area contributed by atoms with E-state index in [4.69, 9.17) is 10.5 Å². The van der Waals surface area contributed by atoms with Crippen LogP contribution in [0.15, 0.2) is 0 Å². The molecule has 17 heavy (non-hydrogen) atoms. The summed E-state index contributed by atoms with van der Waals surface area (Å²) in [5, 5.41) is 0. The van der Waals surface area contributed by atoms with Crippen molar-refractivity contribution in [2.75, 3.05) is 13.2 Å². The summed E-state index contributed by atoms with van der Waals surface area (Å²) in [5.41, 5.74) is 5.00. The molecule has 0 aliphatic carbocycles. The second kappa shape index (κ2) is 4.83. The highest BCUT2D eigenvalue weighted by atomic mass is 16.5. The van der Waals surface area contributed by atoms with Crippen LogP contribution in [0, 0.1) is 0 Å². The summed E-state index contributed by atoms with van der Waals surface area (Å²) in [5.74, 6) is -0.509. The van der Waals surface area contributed by atoms with Crippen LogP contribution in [0.1, 0.15) is 25.7 Å². The Morgan fingerprint density at radius 3 is 2.88 bits per heavy atom. The van der Waals surface area contributed by atoms with Crippen LogP contribution in [0.3, 0.4) is 0 Å². The third kappa shape index (κ3) is 2.46.